The van der Waals surface area contributed by atoms with Crippen molar-refractivity contribution < 1.29 is 0 Å². The number of hydrogen-bond acceptors (Lipinski definition) is 3. The summed E-state index contributed by atoms with van der Waals surface area (Å²) in [5.74, 6) is 0. The molecule has 1 heterocycles. The zero-order valence-corrected chi connectivity index (χ0v) is 11.6. The highest BCUT2D eigenvalue weighted by molar-refractivity contribution is 5.48. The van der Waals surface area contributed by atoms with Gasteiger partial charge in [0.25, 0.3) is 0 Å². The fraction of sp³-hybridized carbons (Fsp3) is 0.600. The van der Waals surface area contributed by atoms with Crippen molar-refractivity contribution in [3.63, 3.8) is 0 Å². The first-order chi connectivity index (χ1) is 8.70. The number of anilines is 1. The third kappa shape index (κ3) is 3.24. The van der Waals surface area contributed by atoms with Crippen molar-refractivity contribution in [3.05, 3.63) is 29.8 Å². The maximum absolute atomic E-state index is 5.58. The highest BCUT2D eigenvalue weighted by Gasteiger charge is 2.19. The Morgan fingerprint density at radius 2 is 1.94 bits per heavy atom. The van der Waals surface area contributed by atoms with Crippen molar-refractivity contribution in [2.45, 2.75) is 25.8 Å². The van der Waals surface area contributed by atoms with E-state index in [1.807, 2.05) is 0 Å². The smallest absolute Gasteiger partial charge is 0.0388 e. The molecule has 1 aliphatic rings. The van der Waals surface area contributed by atoms with Gasteiger partial charge in [0.15, 0.2) is 0 Å². The van der Waals surface area contributed by atoms with Crippen LogP contribution in [0.3, 0.4) is 0 Å². The summed E-state index contributed by atoms with van der Waals surface area (Å²) in [5.41, 5.74) is 8.26. The van der Waals surface area contributed by atoms with Crippen molar-refractivity contribution in [2.24, 2.45) is 5.73 Å². The first kappa shape index (κ1) is 13.4. The summed E-state index contributed by atoms with van der Waals surface area (Å²) in [4.78, 5) is 4.95. The summed E-state index contributed by atoms with van der Waals surface area (Å²) in [6.45, 7) is 6.54. The topological polar surface area (TPSA) is 32.5 Å². The molecule has 1 unspecified atom stereocenters. The number of nitrogens with two attached hydrogens (primary N) is 1. The third-order valence-electron chi connectivity index (χ3n) is 3.75. The highest BCUT2D eigenvalue weighted by atomic mass is 15.2. The van der Waals surface area contributed by atoms with E-state index in [1.165, 1.54) is 24.2 Å². The van der Waals surface area contributed by atoms with Crippen molar-refractivity contribution in [1.29, 1.82) is 0 Å². The number of likely N-dealkylation sites (N-methyl/N-ethyl adjacent to an activating group) is 1. The van der Waals surface area contributed by atoms with Gasteiger partial charge in [-0.25, -0.2) is 0 Å². The standard InChI is InChI=1S/C15H25N3/c1-13-12-17(2)10-3-11-18(13)15-6-4-14(5-7-15)8-9-16/h4-7,13H,3,8-12,16H2,1-2H3. The highest BCUT2D eigenvalue weighted by Crippen LogP contribution is 2.20. The summed E-state index contributed by atoms with van der Waals surface area (Å²) >= 11 is 0. The van der Waals surface area contributed by atoms with E-state index in [2.05, 4.69) is 48.0 Å². The Kier molecular flexibility index (Phi) is 4.61. The van der Waals surface area contributed by atoms with Crippen LogP contribution in [-0.4, -0.2) is 44.2 Å². The van der Waals surface area contributed by atoms with Crippen LogP contribution in [0.25, 0.3) is 0 Å². The van der Waals surface area contributed by atoms with Crippen LogP contribution in [0.5, 0.6) is 0 Å². The molecule has 0 spiro atoms. The molecule has 2 N–H and O–H groups in total. The van der Waals surface area contributed by atoms with Crippen molar-refractivity contribution in [2.75, 3.05) is 38.1 Å². The minimum absolute atomic E-state index is 0.581. The molecule has 1 aromatic rings. The lowest BCUT2D eigenvalue weighted by Gasteiger charge is -2.30. The molecule has 1 fully saturated rings. The molecule has 0 aromatic heterocycles. The minimum atomic E-state index is 0.581. The molecule has 0 aliphatic carbocycles. The van der Waals surface area contributed by atoms with Gasteiger partial charge in [0.2, 0.25) is 0 Å². The Morgan fingerprint density at radius 3 is 2.61 bits per heavy atom. The maximum Gasteiger partial charge on any atom is 0.0388 e. The molecule has 0 amide bonds. The van der Waals surface area contributed by atoms with Gasteiger partial charge in [0.1, 0.15) is 0 Å². The van der Waals surface area contributed by atoms with E-state index >= 15 is 0 Å². The first-order valence-electron chi connectivity index (χ1n) is 6.95. The normalized spacial score (nSPS) is 21.9. The van der Waals surface area contributed by atoms with Crippen molar-refractivity contribution in [1.82, 2.24) is 4.90 Å². The lowest BCUT2D eigenvalue weighted by molar-refractivity contribution is 0.337. The van der Waals surface area contributed by atoms with Gasteiger partial charge in [-0.2, -0.15) is 0 Å². The van der Waals surface area contributed by atoms with Crippen LogP contribution >= 0.6 is 0 Å². The van der Waals surface area contributed by atoms with Gasteiger partial charge >= 0.3 is 0 Å². The predicted molar refractivity (Wildman–Crippen MR) is 78.1 cm³/mol. The molecule has 1 aliphatic heterocycles. The lowest BCUT2D eigenvalue weighted by Crippen LogP contribution is -2.37. The Labute approximate surface area is 111 Å². The largest absolute Gasteiger partial charge is 0.367 e. The Morgan fingerprint density at radius 1 is 1.22 bits per heavy atom. The molecule has 0 bridgehead atoms. The number of nitrogens with zero attached hydrogens (tertiary/aromatic N) is 2. The second-order valence-corrected chi connectivity index (χ2v) is 5.36. The van der Waals surface area contributed by atoms with Gasteiger partial charge in [0.05, 0.1) is 0 Å². The van der Waals surface area contributed by atoms with E-state index in [0.29, 0.717) is 6.04 Å². The summed E-state index contributed by atoms with van der Waals surface area (Å²) in [7, 11) is 2.21. The van der Waals surface area contributed by atoms with Gasteiger partial charge in [0, 0.05) is 24.8 Å². The van der Waals surface area contributed by atoms with Gasteiger partial charge in [-0.1, -0.05) is 12.1 Å². The average Bonchev–Trinajstić information content (AvgIpc) is 2.52. The van der Waals surface area contributed by atoms with Crippen LogP contribution in [-0.2, 0) is 6.42 Å². The van der Waals surface area contributed by atoms with Crippen LogP contribution in [0.4, 0.5) is 5.69 Å². The van der Waals surface area contributed by atoms with Gasteiger partial charge < -0.3 is 15.5 Å². The van der Waals surface area contributed by atoms with Crippen LogP contribution in [0.2, 0.25) is 0 Å². The molecule has 3 nitrogen and oxygen atoms in total. The summed E-state index contributed by atoms with van der Waals surface area (Å²) in [6.07, 6.45) is 2.21. The molecule has 18 heavy (non-hydrogen) atoms. The number of hydrogen-bond donors (Lipinski definition) is 1. The Bertz CT molecular complexity index is 361. The zero-order valence-electron chi connectivity index (χ0n) is 11.6. The van der Waals surface area contributed by atoms with E-state index in [4.69, 9.17) is 5.73 Å². The molecular formula is C15H25N3. The molecule has 0 saturated carbocycles. The van der Waals surface area contributed by atoms with E-state index in [-0.39, 0.29) is 0 Å². The molecule has 1 saturated heterocycles. The average molecular weight is 247 g/mol. The monoisotopic (exact) mass is 247 g/mol. The van der Waals surface area contributed by atoms with Crippen LogP contribution in [0.1, 0.15) is 18.9 Å². The third-order valence-corrected chi connectivity index (χ3v) is 3.75. The molecule has 3 heteroatoms. The van der Waals surface area contributed by atoms with E-state index in [0.717, 1.165) is 26.1 Å². The number of rotatable bonds is 3. The lowest BCUT2D eigenvalue weighted by atomic mass is 10.1. The molecule has 1 atom stereocenters. The number of benzene rings is 1. The van der Waals surface area contributed by atoms with Gasteiger partial charge in [-0.3, -0.25) is 0 Å². The summed E-state index contributed by atoms with van der Waals surface area (Å²) in [5, 5.41) is 0. The fourth-order valence-corrected chi connectivity index (χ4v) is 2.78. The van der Waals surface area contributed by atoms with Gasteiger partial charge in [-0.15, -0.1) is 0 Å². The van der Waals surface area contributed by atoms with Crippen molar-refractivity contribution >= 4 is 5.69 Å². The fourth-order valence-electron chi connectivity index (χ4n) is 2.78. The molecule has 1 aromatic carbocycles. The predicted octanol–water partition coefficient (Wildman–Crippen LogP) is 1.72. The van der Waals surface area contributed by atoms with Crippen LogP contribution in [0, 0.1) is 0 Å². The minimum Gasteiger partial charge on any atom is -0.367 e. The van der Waals surface area contributed by atoms with Crippen LogP contribution < -0.4 is 10.6 Å². The van der Waals surface area contributed by atoms with Crippen molar-refractivity contribution in [3.8, 4) is 0 Å². The second-order valence-electron chi connectivity index (χ2n) is 5.36. The quantitative estimate of drug-likeness (QED) is 0.883. The van der Waals surface area contributed by atoms with Crippen LogP contribution in [0.15, 0.2) is 24.3 Å². The molecule has 100 valence electrons. The first-order valence-corrected chi connectivity index (χ1v) is 6.95. The van der Waals surface area contributed by atoms with E-state index in [1.54, 1.807) is 0 Å². The van der Waals surface area contributed by atoms with E-state index < -0.39 is 0 Å². The molecule has 2 rings (SSSR count). The van der Waals surface area contributed by atoms with Gasteiger partial charge in [-0.05, 0) is 57.6 Å². The molecule has 0 radical (unpaired) electrons. The summed E-state index contributed by atoms with van der Waals surface area (Å²) in [6, 6.07) is 9.49. The van der Waals surface area contributed by atoms with E-state index in [9.17, 15) is 0 Å². The zero-order chi connectivity index (χ0) is 13.0. The molecular weight excluding hydrogens is 222 g/mol. The second kappa shape index (κ2) is 6.21. The SMILES string of the molecule is CC1CN(C)CCCN1c1ccc(CCN)cc1. The Hall–Kier alpha value is -1.06. The Balaban J connectivity index is 2.09. The summed E-state index contributed by atoms with van der Waals surface area (Å²) < 4.78 is 0. The maximum atomic E-state index is 5.58.